The molecule has 2 aliphatic rings. The van der Waals surface area contributed by atoms with Crippen LogP contribution in [-0.4, -0.2) is 41.0 Å². The highest BCUT2D eigenvalue weighted by molar-refractivity contribution is 9.10. The molecule has 2 aromatic rings. The molecule has 7 heteroatoms. The van der Waals surface area contributed by atoms with Crippen LogP contribution in [0.1, 0.15) is 34.3 Å². The molecular weight excluding hydrogens is 434 g/mol. The van der Waals surface area contributed by atoms with E-state index in [0.29, 0.717) is 16.7 Å². The fourth-order valence-corrected chi connectivity index (χ4v) is 4.00. The predicted molar refractivity (Wildman–Crippen MR) is 115 cm³/mol. The summed E-state index contributed by atoms with van der Waals surface area (Å²) < 4.78 is 0.805. The lowest BCUT2D eigenvalue weighted by atomic mass is 9.95. The third-order valence-corrected chi connectivity index (χ3v) is 5.78. The molecule has 2 heterocycles. The lowest BCUT2D eigenvalue weighted by molar-refractivity contribution is -0.114. The number of hydrogen-bond acceptors (Lipinski definition) is 5. The zero-order valence-electron chi connectivity index (χ0n) is 15.8. The molecule has 0 atom stereocenters. The maximum atomic E-state index is 12.3. The van der Waals surface area contributed by atoms with Gasteiger partial charge in [-0.25, -0.2) is 0 Å². The van der Waals surface area contributed by atoms with Crippen molar-refractivity contribution in [2.45, 2.75) is 25.5 Å². The molecule has 0 radical (unpaired) electrons. The van der Waals surface area contributed by atoms with Crippen LogP contribution in [0.3, 0.4) is 0 Å². The number of amides is 2. The van der Waals surface area contributed by atoms with E-state index in [1.165, 1.54) is 5.56 Å². The quantitative estimate of drug-likeness (QED) is 0.487. The first kappa shape index (κ1) is 19.8. The topological polar surface area (TPSA) is 81.7 Å². The van der Waals surface area contributed by atoms with Gasteiger partial charge in [0, 0.05) is 47.1 Å². The number of nitrogens with zero attached hydrogens (tertiary/aromatic N) is 1. The normalized spacial score (nSPS) is 19.2. The molecule has 0 bridgehead atoms. The Morgan fingerprint density at radius 1 is 1.07 bits per heavy atom. The van der Waals surface area contributed by atoms with Crippen molar-refractivity contribution in [2.75, 3.05) is 18.4 Å². The Kier molecular flexibility index (Phi) is 5.80. The molecule has 0 unspecified atom stereocenters. The van der Waals surface area contributed by atoms with Crippen molar-refractivity contribution in [3.05, 3.63) is 69.8 Å². The van der Waals surface area contributed by atoms with Crippen LogP contribution in [0.2, 0.25) is 0 Å². The van der Waals surface area contributed by atoms with Gasteiger partial charge in [0.15, 0.2) is 0 Å². The van der Waals surface area contributed by atoms with Crippen molar-refractivity contribution in [3.8, 4) is 0 Å². The molecule has 0 spiro atoms. The molecule has 3 N–H and O–H groups in total. The van der Waals surface area contributed by atoms with Crippen molar-refractivity contribution in [3.63, 3.8) is 0 Å². The molecular formula is C22H22BrN3O3. The van der Waals surface area contributed by atoms with Gasteiger partial charge in [-0.3, -0.25) is 19.8 Å². The number of hydrogen-bond donors (Lipinski definition) is 3. The van der Waals surface area contributed by atoms with Crippen LogP contribution in [-0.2, 0) is 11.3 Å². The number of benzene rings is 2. The molecule has 0 saturated carbocycles. The van der Waals surface area contributed by atoms with Gasteiger partial charge in [0.1, 0.15) is 0 Å². The number of anilines is 1. The minimum Gasteiger partial charge on any atom is -0.393 e. The highest BCUT2D eigenvalue weighted by Gasteiger charge is 2.27. The fraction of sp³-hybridized carbons (Fsp3) is 0.273. The lowest BCUT2D eigenvalue weighted by Gasteiger charge is -2.29. The molecule has 2 amide bonds. The molecule has 29 heavy (non-hydrogen) atoms. The van der Waals surface area contributed by atoms with Crippen LogP contribution in [0.4, 0.5) is 5.69 Å². The molecule has 1 fully saturated rings. The van der Waals surface area contributed by atoms with Crippen molar-refractivity contribution in [2.24, 2.45) is 0 Å². The zero-order chi connectivity index (χ0) is 20.4. The van der Waals surface area contributed by atoms with Crippen molar-refractivity contribution >= 4 is 39.0 Å². The fourth-order valence-electron chi connectivity index (χ4n) is 3.64. The number of piperidine rings is 1. The average molecular weight is 456 g/mol. The van der Waals surface area contributed by atoms with Crippen molar-refractivity contribution in [1.29, 1.82) is 0 Å². The van der Waals surface area contributed by atoms with Gasteiger partial charge in [0.05, 0.1) is 11.7 Å². The summed E-state index contributed by atoms with van der Waals surface area (Å²) in [6.45, 7) is 2.69. The van der Waals surface area contributed by atoms with Crippen molar-refractivity contribution in [1.82, 2.24) is 10.2 Å². The molecule has 0 aromatic heterocycles. The SMILES string of the molecule is O=C1NC(=O)c2ccc(Br)cc2/C1=C/Nc1ccc(CN2CCC(O)CC2)cc1. The van der Waals surface area contributed by atoms with E-state index in [4.69, 9.17) is 0 Å². The summed E-state index contributed by atoms with van der Waals surface area (Å²) in [6, 6.07) is 13.3. The van der Waals surface area contributed by atoms with Gasteiger partial charge < -0.3 is 10.4 Å². The Morgan fingerprint density at radius 3 is 2.52 bits per heavy atom. The second-order valence-electron chi connectivity index (χ2n) is 7.38. The smallest absolute Gasteiger partial charge is 0.260 e. The largest absolute Gasteiger partial charge is 0.393 e. The van der Waals surface area contributed by atoms with E-state index in [-0.39, 0.29) is 12.0 Å². The zero-order valence-corrected chi connectivity index (χ0v) is 17.4. The summed E-state index contributed by atoms with van der Waals surface area (Å²) in [5.41, 5.74) is 3.55. The van der Waals surface area contributed by atoms with Gasteiger partial charge >= 0.3 is 0 Å². The van der Waals surface area contributed by atoms with Gasteiger partial charge in [-0.2, -0.15) is 0 Å². The summed E-state index contributed by atoms with van der Waals surface area (Å²) in [7, 11) is 0. The van der Waals surface area contributed by atoms with Gasteiger partial charge in [-0.15, -0.1) is 0 Å². The second kappa shape index (κ2) is 8.49. The summed E-state index contributed by atoms with van der Waals surface area (Å²) in [4.78, 5) is 26.7. The van der Waals surface area contributed by atoms with Gasteiger partial charge in [0.2, 0.25) is 0 Å². The second-order valence-corrected chi connectivity index (χ2v) is 8.30. The summed E-state index contributed by atoms with van der Waals surface area (Å²) >= 11 is 3.40. The lowest BCUT2D eigenvalue weighted by Crippen LogP contribution is -2.36. The number of halogens is 1. The maximum Gasteiger partial charge on any atom is 0.260 e. The number of aliphatic hydroxyl groups excluding tert-OH is 1. The number of aliphatic hydroxyl groups is 1. The van der Waals surface area contributed by atoms with Crippen LogP contribution in [0.5, 0.6) is 0 Å². The Balaban J connectivity index is 1.46. The first-order valence-corrected chi connectivity index (χ1v) is 10.4. The summed E-state index contributed by atoms with van der Waals surface area (Å²) in [5.74, 6) is -0.804. The van der Waals surface area contributed by atoms with E-state index in [0.717, 1.165) is 42.6 Å². The number of likely N-dealkylation sites (tertiary alicyclic amines) is 1. The van der Waals surface area contributed by atoms with Crippen molar-refractivity contribution < 1.29 is 14.7 Å². The average Bonchev–Trinajstić information content (AvgIpc) is 2.70. The number of fused-ring (bicyclic) bond motifs is 1. The maximum absolute atomic E-state index is 12.3. The Hall–Kier alpha value is -2.48. The molecule has 2 aliphatic heterocycles. The Labute approximate surface area is 177 Å². The van der Waals surface area contributed by atoms with Crippen LogP contribution in [0.15, 0.2) is 53.1 Å². The van der Waals surface area contributed by atoms with E-state index in [2.05, 4.69) is 43.6 Å². The number of carbonyl (C=O) groups excluding carboxylic acids is 2. The number of imide groups is 1. The number of nitrogens with one attached hydrogen (secondary N) is 2. The molecule has 2 aromatic carbocycles. The van der Waals surface area contributed by atoms with Gasteiger partial charge in [-0.1, -0.05) is 28.1 Å². The van der Waals surface area contributed by atoms with Crippen LogP contribution in [0, 0.1) is 0 Å². The Morgan fingerprint density at radius 2 is 1.79 bits per heavy atom. The minimum absolute atomic E-state index is 0.163. The third-order valence-electron chi connectivity index (χ3n) is 5.29. The van der Waals surface area contributed by atoms with Gasteiger partial charge in [0.25, 0.3) is 11.8 Å². The monoisotopic (exact) mass is 455 g/mol. The molecule has 1 saturated heterocycles. The molecule has 4 rings (SSSR count). The predicted octanol–water partition coefficient (Wildman–Crippen LogP) is 3.13. The molecule has 0 aliphatic carbocycles. The van der Waals surface area contributed by atoms with E-state index in [9.17, 15) is 14.7 Å². The number of carbonyl (C=O) groups is 2. The number of rotatable bonds is 4. The standard InChI is InChI=1S/C22H22BrN3O3/c23-15-3-6-18-19(11-15)20(22(29)25-21(18)28)12-24-16-4-1-14(2-5-16)13-26-9-7-17(27)8-10-26/h1-6,11-12,17,24,27H,7-10,13H2,(H,25,28,29)/b20-12-. The highest BCUT2D eigenvalue weighted by Crippen LogP contribution is 2.27. The summed E-state index contributed by atoms with van der Waals surface area (Å²) in [6.07, 6.45) is 3.13. The van der Waals surface area contributed by atoms with E-state index < -0.39 is 5.91 Å². The van der Waals surface area contributed by atoms with Crippen LogP contribution in [0.25, 0.3) is 5.57 Å². The molecule has 6 nitrogen and oxygen atoms in total. The van der Waals surface area contributed by atoms with E-state index >= 15 is 0 Å². The first-order valence-electron chi connectivity index (χ1n) is 9.61. The summed E-state index contributed by atoms with van der Waals surface area (Å²) in [5, 5.41) is 15.2. The van der Waals surface area contributed by atoms with Crippen LogP contribution >= 0.6 is 15.9 Å². The Bertz CT molecular complexity index is 964. The first-order chi connectivity index (χ1) is 14.0. The molecule has 150 valence electrons. The van der Waals surface area contributed by atoms with Gasteiger partial charge in [-0.05, 0) is 48.7 Å². The van der Waals surface area contributed by atoms with Crippen LogP contribution < -0.4 is 10.6 Å². The minimum atomic E-state index is -0.419. The van der Waals surface area contributed by atoms with E-state index in [1.807, 2.05) is 12.1 Å². The van der Waals surface area contributed by atoms with E-state index in [1.54, 1.807) is 24.4 Å². The third kappa shape index (κ3) is 4.58. The highest BCUT2D eigenvalue weighted by atomic mass is 79.9.